The van der Waals surface area contributed by atoms with Crippen LogP contribution in [0.25, 0.3) is 11.1 Å². The maximum Gasteiger partial charge on any atom is 0.707 e. The zero-order valence-corrected chi connectivity index (χ0v) is 15.4. The van der Waals surface area contributed by atoms with Crippen molar-refractivity contribution < 1.29 is 14.7 Å². The van der Waals surface area contributed by atoms with Gasteiger partial charge in [0.05, 0.1) is 0 Å². The van der Waals surface area contributed by atoms with Gasteiger partial charge in [-0.3, -0.25) is 0 Å². The van der Waals surface area contributed by atoms with Crippen LogP contribution in [0.15, 0.2) is 42.5 Å². The van der Waals surface area contributed by atoms with Crippen molar-refractivity contribution in [3.8, 4) is 16.9 Å². The van der Waals surface area contributed by atoms with Crippen LogP contribution in [0.4, 0.5) is 0 Å². The van der Waals surface area contributed by atoms with E-state index in [1.165, 1.54) is 11.1 Å². The molecule has 0 aromatic heterocycles. The number of rotatable bonds is 3. The Hall–Kier alpha value is -1.78. The van der Waals surface area contributed by atoms with Gasteiger partial charge in [-0.2, -0.15) is 0 Å². The molecule has 2 rings (SSSR count). The number of hydrogen-bond donors (Lipinski definition) is 2. The van der Waals surface area contributed by atoms with Crippen LogP contribution >= 0.6 is 0 Å². The van der Waals surface area contributed by atoms with Gasteiger partial charge >= 0.3 is 7.32 Å². The first kappa shape index (κ1) is 18.6. The second-order valence-electron chi connectivity index (χ2n) is 8.24. The fraction of sp³-hybridized carbons (Fsp3) is 0.400. The van der Waals surface area contributed by atoms with E-state index in [4.69, 9.17) is 4.65 Å². The Balaban J connectivity index is 2.67. The van der Waals surface area contributed by atoms with E-state index in [0.29, 0.717) is 5.75 Å². The van der Waals surface area contributed by atoms with Crippen LogP contribution in [0.1, 0.15) is 52.7 Å². The lowest BCUT2D eigenvalue weighted by Gasteiger charge is -2.26. The monoisotopic (exact) mass is 326 g/mol. The maximum atomic E-state index is 9.18. The van der Waals surface area contributed by atoms with E-state index in [0.717, 1.165) is 11.1 Å². The predicted molar refractivity (Wildman–Crippen MR) is 100 cm³/mol. The highest BCUT2D eigenvalue weighted by molar-refractivity contribution is 6.34. The van der Waals surface area contributed by atoms with E-state index >= 15 is 0 Å². The van der Waals surface area contributed by atoms with Crippen molar-refractivity contribution in [2.75, 3.05) is 0 Å². The zero-order valence-electron chi connectivity index (χ0n) is 15.4. The van der Waals surface area contributed by atoms with Crippen molar-refractivity contribution in [2.24, 2.45) is 0 Å². The fourth-order valence-corrected chi connectivity index (χ4v) is 2.57. The smallest absolute Gasteiger partial charge is 0.512 e. The van der Waals surface area contributed by atoms with Crippen LogP contribution in [0.2, 0.25) is 0 Å². The van der Waals surface area contributed by atoms with E-state index in [-0.39, 0.29) is 10.8 Å². The van der Waals surface area contributed by atoms with Crippen LogP contribution < -0.4 is 4.65 Å². The summed E-state index contributed by atoms with van der Waals surface area (Å²) in [7, 11) is -1.83. The minimum atomic E-state index is -1.83. The second-order valence-corrected chi connectivity index (χ2v) is 8.24. The highest BCUT2D eigenvalue weighted by atomic mass is 16.6. The molecule has 0 aliphatic heterocycles. The minimum Gasteiger partial charge on any atom is -0.512 e. The molecule has 0 fully saturated rings. The average Bonchev–Trinajstić information content (AvgIpc) is 2.45. The van der Waals surface area contributed by atoms with Crippen molar-refractivity contribution in [1.29, 1.82) is 0 Å². The summed E-state index contributed by atoms with van der Waals surface area (Å²) in [5, 5.41) is 18.4. The third kappa shape index (κ3) is 4.40. The van der Waals surface area contributed by atoms with Crippen molar-refractivity contribution in [3.05, 3.63) is 53.6 Å². The summed E-state index contributed by atoms with van der Waals surface area (Å²) in [5.41, 5.74) is 4.38. The molecule has 0 atom stereocenters. The van der Waals surface area contributed by atoms with Gasteiger partial charge in [0.15, 0.2) is 0 Å². The first-order valence-corrected chi connectivity index (χ1v) is 8.27. The van der Waals surface area contributed by atoms with Gasteiger partial charge in [0, 0.05) is 5.56 Å². The molecule has 2 aromatic rings. The van der Waals surface area contributed by atoms with Crippen LogP contribution in [0, 0.1) is 0 Å². The fourth-order valence-electron chi connectivity index (χ4n) is 2.57. The number of hydrogen-bond acceptors (Lipinski definition) is 3. The summed E-state index contributed by atoms with van der Waals surface area (Å²) in [4.78, 5) is 0. The molecule has 0 aliphatic carbocycles. The lowest BCUT2D eigenvalue weighted by molar-refractivity contribution is 0.288. The van der Waals surface area contributed by atoms with E-state index in [9.17, 15) is 10.0 Å². The topological polar surface area (TPSA) is 49.7 Å². The summed E-state index contributed by atoms with van der Waals surface area (Å²) in [6.45, 7) is 13.2. The van der Waals surface area contributed by atoms with E-state index in [1.54, 1.807) is 6.07 Å². The molecular weight excluding hydrogens is 299 g/mol. The molecule has 0 spiro atoms. The molecular formula is C20H27BO3. The standard InChI is InChI=1S/C20H27BO3/c1-19(2,3)15-11-14(12-16(13-15)20(4,5)6)17-9-7-8-10-18(17)24-21(22)23/h7-13,22-23H,1-6H3. The quantitative estimate of drug-likeness (QED) is 0.827. The molecule has 0 unspecified atom stereocenters. The lowest BCUT2D eigenvalue weighted by atomic mass is 9.79. The van der Waals surface area contributed by atoms with Gasteiger partial charge in [-0.25, -0.2) is 0 Å². The first-order valence-electron chi connectivity index (χ1n) is 8.27. The molecule has 0 saturated heterocycles. The summed E-state index contributed by atoms with van der Waals surface area (Å²) < 4.78 is 5.16. The Labute approximate surface area is 145 Å². The van der Waals surface area contributed by atoms with Gasteiger partial charge in [0.2, 0.25) is 0 Å². The normalized spacial score (nSPS) is 12.2. The second kappa shape index (κ2) is 6.62. The van der Waals surface area contributed by atoms with Crippen molar-refractivity contribution in [2.45, 2.75) is 52.4 Å². The molecule has 0 bridgehead atoms. The lowest BCUT2D eigenvalue weighted by Crippen LogP contribution is -2.21. The largest absolute Gasteiger partial charge is 0.707 e. The molecule has 4 heteroatoms. The molecule has 2 aromatic carbocycles. The van der Waals surface area contributed by atoms with Gasteiger partial charge in [-0.15, -0.1) is 0 Å². The van der Waals surface area contributed by atoms with E-state index < -0.39 is 7.32 Å². The van der Waals surface area contributed by atoms with Crippen LogP contribution in [-0.4, -0.2) is 17.4 Å². The molecule has 0 radical (unpaired) electrons. The highest BCUT2D eigenvalue weighted by Crippen LogP contribution is 2.37. The van der Waals surface area contributed by atoms with E-state index in [2.05, 4.69) is 59.7 Å². The predicted octanol–water partition coefficient (Wildman–Crippen LogP) is 4.30. The molecule has 3 nitrogen and oxygen atoms in total. The van der Waals surface area contributed by atoms with E-state index in [1.807, 2.05) is 18.2 Å². The van der Waals surface area contributed by atoms with Gasteiger partial charge in [-0.1, -0.05) is 77.9 Å². The molecule has 0 aliphatic rings. The maximum absolute atomic E-state index is 9.18. The van der Waals surface area contributed by atoms with Crippen LogP contribution in [0.3, 0.4) is 0 Å². The Morgan fingerprint density at radius 1 is 0.792 bits per heavy atom. The molecule has 0 amide bonds. The molecule has 2 N–H and O–H groups in total. The Morgan fingerprint density at radius 3 is 1.75 bits per heavy atom. The highest BCUT2D eigenvalue weighted by Gasteiger charge is 2.22. The third-order valence-electron chi connectivity index (χ3n) is 4.10. The van der Waals surface area contributed by atoms with Crippen LogP contribution in [0.5, 0.6) is 5.75 Å². The molecule has 0 heterocycles. The summed E-state index contributed by atoms with van der Waals surface area (Å²) in [6, 6.07) is 14.0. The summed E-state index contributed by atoms with van der Waals surface area (Å²) in [5.74, 6) is 0.457. The van der Waals surface area contributed by atoms with Gasteiger partial charge in [0.1, 0.15) is 5.75 Å². The van der Waals surface area contributed by atoms with Crippen molar-refractivity contribution in [1.82, 2.24) is 0 Å². The van der Waals surface area contributed by atoms with Crippen LogP contribution in [-0.2, 0) is 10.8 Å². The van der Waals surface area contributed by atoms with Gasteiger partial charge in [-0.05, 0) is 33.6 Å². The van der Waals surface area contributed by atoms with Crippen molar-refractivity contribution in [3.63, 3.8) is 0 Å². The number of benzene rings is 2. The summed E-state index contributed by atoms with van der Waals surface area (Å²) >= 11 is 0. The first-order chi connectivity index (χ1) is 11.0. The SMILES string of the molecule is CC(C)(C)c1cc(-c2ccccc2OB(O)O)cc(C(C)(C)C)c1. The zero-order chi connectivity index (χ0) is 18.1. The Morgan fingerprint density at radius 2 is 1.29 bits per heavy atom. The molecule has 24 heavy (non-hydrogen) atoms. The van der Waals surface area contributed by atoms with Gasteiger partial charge < -0.3 is 14.7 Å². The Bertz CT molecular complexity index is 677. The number of para-hydroxylation sites is 1. The average molecular weight is 326 g/mol. The van der Waals surface area contributed by atoms with Gasteiger partial charge in [0.25, 0.3) is 0 Å². The molecule has 128 valence electrons. The minimum absolute atomic E-state index is 0.0162. The third-order valence-corrected chi connectivity index (χ3v) is 4.10. The molecule has 0 saturated carbocycles. The summed E-state index contributed by atoms with van der Waals surface area (Å²) in [6.07, 6.45) is 0. The van der Waals surface area contributed by atoms with Crippen molar-refractivity contribution >= 4 is 7.32 Å². The Kier molecular flexibility index (Phi) is 5.12.